The van der Waals surface area contributed by atoms with Gasteiger partial charge in [-0.25, -0.2) is 0 Å². The number of nitrogens with zero attached hydrogens (tertiary/aromatic N) is 2. The molecule has 0 spiro atoms. The van der Waals surface area contributed by atoms with Crippen molar-refractivity contribution < 1.29 is 5.11 Å². The number of rotatable bonds is 6. The number of hydrogen-bond acceptors (Lipinski definition) is 3. The molecular weight excluding hydrogens is 200 g/mol. The third-order valence-corrected chi connectivity index (χ3v) is 2.45. The summed E-state index contributed by atoms with van der Waals surface area (Å²) in [6.45, 7) is 4.40. The van der Waals surface area contributed by atoms with Crippen molar-refractivity contribution in [3.8, 4) is 6.07 Å². The summed E-state index contributed by atoms with van der Waals surface area (Å²) in [7, 11) is 0. The molecule has 0 bridgehead atoms. The fourth-order valence-electron chi connectivity index (χ4n) is 1.64. The van der Waals surface area contributed by atoms with E-state index in [1.807, 2.05) is 24.3 Å². The first kappa shape index (κ1) is 12.7. The fraction of sp³-hybridized carbons (Fsp3) is 0.462. The third-order valence-electron chi connectivity index (χ3n) is 2.45. The molecule has 1 aromatic rings. The number of hydrogen-bond donors (Lipinski definition) is 1. The van der Waals surface area contributed by atoms with Crippen LogP contribution in [0.15, 0.2) is 24.3 Å². The highest BCUT2D eigenvalue weighted by atomic mass is 16.3. The van der Waals surface area contributed by atoms with Crippen LogP contribution < -0.4 is 0 Å². The van der Waals surface area contributed by atoms with Gasteiger partial charge in [-0.1, -0.05) is 31.2 Å². The predicted octanol–water partition coefficient (Wildman–Crippen LogP) is 1.91. The Labute approximate surface area is 96.9 Å². The van der Waals surface area contributed by atoms with Crippen LogP contribution in [-0.2, 0) is 13.2 Å². The molecule has 0 saturated heterocycles. The van der Waals surface area contributed by atoms with E-state index >= 15 is 0 Å². The Morgan fingerprint density at radius 1 is 1.25 bits per heavy atom. The Kier molecular flexibility index (Phi) is 5.55. The van der Waals surface area contributed by atoms with Crippen molar-refractivity contribution in [3.63, 3.8) is 0 Å². The van der Waals surface area contributed by atoms with Crippen LogP contribution in [0.25, 0.3) is 0 Å². The smallest absolute Gasteiger partial charge is 0.0868 e. The Morgan fingerprint density at radius 2 is 1.88 bits per heavy atom. The summed E-state index contributed by atoms with van der Waals surface area (Å²) in [5.41, 5.74) is 2.10. The standard InChI is InChI=1S/C13H18N2O/c1-2-8-15(9-7-14)10-12-3-5-13(11-16)6-4-12/h3-6,16H,2,8-11H2,1H3. The second-order valence-electron chi connectivity index (χ2n) is 3.84. The molecule has 0 amide bonds. The molecule has 86 valence electrons. The van der Waals surface area contributed by atoms with Crippen molar-refractivity contribution >= 4 is 0 Å². The molecule has 1 N–H and O–H groups in total. The molecule has 0 radical (unpaired) electrons. The Bertz CT molecular complexity index is 340. The maximum absolute atomic E-state index is 8.93. The molecule has 0 aromatic heterocycles. The van der Waals surface area contributed by atoms with Crippen LogP contribution in [0, 0.1) is 11.3 Å². The van der Waals surface area contributed by atoms with Gasteiger partial charge in [0.05, 0.1) is 19.2 Å². The third kappa shape index (κ3) is 4.01. The molecule has 3 heteroatoms. The maximum Gasteiger partial charge on any atom is 0.0868 e. The molecule has 16 heavy (non-hydrogen) atoms. The van der Waals surface area contributed by atoms with E-state index < -0.39 is 0 Å². The second kappa shape index (κ2) is 7.00. The van der Waals surface area contributed by atoms with E-state index in [9.17, 15) is 0 Å². The molecule has 0 aliphatic rings. The molecule has 0 heterocycles. The summed E-state index contributed by atoms with van der Waals surface area (Å²) < 4.78 is 0. The lowest BCUT2D eigenvalue weighted by Crippen LogP contribution is -2.24. The van der Waals surface area contributed by atoms with Gasteiger partial charge in [-0.2, -0.15) is 5.26 Å². The quantitative estimate of drug-likeness (QED) is 0.742. The van der Waals surface area contributed by atoms with Crippen molar-refractivity contribution in [2.24, 2.45) is 0 Å². The minimum atomic E-state index is 0.0805. The average molecular weight is 218 g/mol. The zero-order valence-corrected chi connectivity index (χ0v) is 9.69. The fourth-order valence-corrected chi connectivity index (χ4v) is 1.64. The molecule has 1 rings (SSSR count). The second-order valence-corrected chi connectivity index (χ2v) is 3.84. The zero-order valence-electron chi connectivity index (χ0n) is 9.69. The number of nitriles is 1. The lowest BCUT2D eigenvalue weighted by molar-refractivity contribution is 0.281. The first-order chi connectivity index (χ1) is 7.80. The van der Waals surface area contributed by atoms with Crippen LogP contribution in [0.1, 0.15) is 24.5 Å². The zero-order chi connectivity index (χ0) is 11.8. The predicted molar refractivity (Wildman–Crippen MR) is 63.5 cm³/mol. The summed E-state index contributed by atoms with van der Waals surface area (Å²) in [5.74, 6) is 0. The van der Waals surface area contributed by atoms with Gasteiger partial charge in [0.1, 0.15) is 0 Å². The van der Waals surface area contributed by atoms with Gasteiger partial charge in [0.15, 0.2) is 0 Å². The molecule has 0 unspecified atom stereocenters. The van der Waals surface area contributed by atoms with Crippen molar-refractivity contribution in [2.75, 3.05) is 13.1 Å². The first-order valence-electron chi connectivity index (χ1n) is 5.58. The van der Waals surface area contributed by atoms with Gasteiger partial charge in [-0.3, -0.25) is 4.90 Å². The highest BCUT2D eigenvalue weighted by Crippen LogP contribution is 2.07. The van der Waals surface area contributed by atoms with Crippen LogP contribution >= 0.6 is 0 Å². The molecule has 0 aliphatic heterocycles. The lowest BCUT2D eigenvalue weighted by atomic mass is 10.1. The van der Waals surface area contributed by atoms with E-state index in [0.29, 0.717) is 6.54 Å². The van der Waals surface area contributed by atoms with Gasteiger partial charge in [0.25, 0.3) is 0 Å². The minimum absolute atomic E-state index is 0.0805. The Balaban J connectivity index is 2.59. The summed E-state index contributed by atoms with van der Waals surface area (Å²) in [4.78, 5) is 2.12. The molecular formula is C13H18N2O. The van der Waals surface area contributed by atoms with Crippen LogP contribution in [0.4, 0.5) is 0 Å². The van der Waals surface area contributed by atoms with Crippen LogP contribution in [0.2, 0.25) is 0 Å². The van der Waals surface area contributed by atoms with Gasteiger partial charge >= 0.3 is 0 Å². The topological polar surface area (TPSA) is 47.3 Å². The van der Waals surface area contributed by atoms with Crippen molar-refractivity contribution in [2.45, 2.75) is 26.5 Å². The van der Waals surface area contributed by atoms with Crippen molar-refractivity contribution in [1.29, 1.82) is 5.26 Å². The lowest BCUT2D eigenvalue weighted by Gasteiger charge is -2.18. The number of aliphatic hydroxyl groups excluding tert-OH is 1. The van der Waals surface area contributed by atoms with E-state index in [1.54, 1.807) is 0 Å². The van der Waals surface area contributed by atoms with Crippen LogP contribution in [-0.4, -0.2) is 23.1 Å². The Morgan fingerprint density at radius 3 is 2.38 bits per heavy atom. The molecule has 1 aromatic carbocycles. The van der Waals surface area contributed by atoms with E-state index in [2.05, 4.69) is 17.9 Å². The molecule has 0 saturated carbocycles. The molecule has 0 aliphatic carbocycles. The Hall–Kier alpha value is -1.37. The van der Waals surface area contributed by atoms with E-state index in [1.165, 1.54) is 5.56 Å². The highest BCUT2D eigenvalue weighted by Gasteiger charge is 2.03. The number of benzene rings is 1. The SMILES string of the molecule is CCCN(CC#N)Cc1ccc(CO)cc1. The van der Waals surface area contributed by atoms with E-state index in [4.69, 9.17) is 10.4 Å². The minimum Gasteiger partial charge on any atom is -0.392 e. The molecule has 3 nitrogen and oxygen atoms in total. The summed E-state index contributed by atoms with van der Waals surface area (Å²) in [5, 5.41) is 17.6. The first-order valence-corrected chi connectivity index (χ1v) is 5.58. The maximum atomic E-state index is 8.93. The number of aliphatic hydroxyl groups is 1. The summed E-state index contributed by atoms with van der Waals surface area (Å²) in [6.07, 6.45) is 1.05. The molecule has 0 atom stereocenters. The van der Waals surface area contributed by atoms with Gasteiger partial charge in [-0.05, 0) is 24.1 Å². The van der Waals surface area contributed by atoms with Gasteiger partial charge in [0, 0.05) is 6.54 Å². The van der Waals surface area contributed by atoms with Crippen molar-refractivity contribution in [1.82, 2.24) is 4.90 Å². The van der Waals surface area contributed by atoms with Crippen LogP contribution in [0.5, 0.6) is 0 Å². The van der Waals surface area contributed by atoms with Crippen molar-refractivity contribution in [3.05, 3.63) is 35.4 Å². The monoisotopic (exact) mass is 218 g/mol. The average Bonchev–Trinajstić information content (AvgIpc) is 2.31. The van der Waals surface area contributed by atoms with E-state index in [0.717, 1.165) is 25.1 Å². The van der Waals surface area contributed by atoms with Gasteiger partial charge in [0.2, 0.25) is 0 Å². The van der Waals surface area contributed by atoms with Gasteiger partial charge in [-0.15, -0.1) is 0 Å². The van der Waals surface area contributed by atoms with Crippen LogP contribution in [0.3, 0.4) is 0 Å². The van der Waals surface area contributed by atoms with E-state index in [-0.39, 0.29) is 6.61 Å². The largest absolute Gasteiger partial charge is 0.392 e. The summed E-state index contributed by atoms with van der Waals surface area (Å²) in [6, 6.07) is 10.0. The normalized spacial score (nSPS) is 10.4. The van der Waals surface area contributed by atoms with Gasteiger partial charge < -0.3 is 5.11 Å². The summed E-state index contributed by atoms with van der Waals surface area (Å²) >= 11 is 0. The molecule has 0 fully saturated rings. The highest BCUT2D eigenvalue weighted by molar-refractivity contribution is 5.21.